The van der Waals surface area contributed by atoms with Gasteiger partial charge in [0, 0.05) is 38.4 Å². The van der Waals surface area contributed by atoms with Crippen LogP contribution in [-0.2, 0) is 0 Å². The third-order valence-electron chi connectivity index (χ3n) is 10.4. The highest BCUT2D eigenvalue weighted by Gasteiger charge is 2.21. The maximum absolute atomic E-state index is 6.64. The number of aromatic nitrogens is 4. The van der Waals surface area contributed by atoms with Crippen LogP contribution in [0.2, 0.25) is 0 Å². The summed E-state index contributed by atoms with van der Waals surface area (Å²) in [4.78, 5) is 20.2. The summed E-state index contributed by atoms with van der Waals surface area (Å²) in [5.74, 6) is 2.38. The van der Waals surface area contributed by atoms with Crippen LogP contribution in [0.15, 0.2) is 191 Å². The predicted octanol–water partition coefficient (Wildman–Crippen LogP) is 13.1. The maximum Gasteiger partial charge on any atom is 0.227 e. The molecule has 3 heterocycles. The van der Waals surface area contributed by atoms with Crippen molar-refractivity contribution in [2.24, 2.45) is 0 Å². The summed E-state index contributed by atoms with van der Waals surface area (Å²) in [5.41, 5.74) is 11.0. The van der Waals surface area contributed by atoms with Gasteiger partial charge in [0.05, 0.1) is 0 Å². The zero-order valence-electron chi connectivity index (χ0n) is 29.9. The second kappa shape index (κ2) is 13.0. The zero-order valence-corrected chi connectivity index (χ0v) is 29.9. The molecule has 3 aromatic heterocycles. The average molecular weight is 719 g/mol. The summed E-state index contributed by atoms with van der Waals surface area (Å²) in [5, 5.41) is 4.01. The maximum atomic E-state index is 6.64. The molecule has 0 spiro atoms. The van der Waals surface area contributed by atoms with Crippen molar-refractivity contribution in [2.75, 3.05) is 0 Å². The number of rotatable bonds is 6. The molecule has 0 bridgehead atoms. The molecule has 0 radical (unpaired) electrons. The zero-order chi connectivity index (χ0) is 37.0. The Bertz CT molecular complexity index is 3240. The molecule has 6 heteroatoms. The molecule has 0 saturated carbocycles. The molecule has 0 aliphatic rings. The van der Waals surface area contributed by atoms with Crippen molar-refractivity contribution < 1.29 is 8.83 Å². The molecule has 11 aromatic rings. The van der Waals surface area contributed by atoms with Crippen LogP contribution in [0, 0.1) is 0 Å². The van der Waals surface area contributed by atoms with E-state index in [1.807, 2.05) is 109 Å². The summed E-state index contributed by atoms with van der Waals surface area (Å²) in [6.07, 6.45) is 0. The van der Waals surface area contributed by atoms with Gasteiger partial charge in [-0.15, -0.1) is 0 Å². The van der Waals surface area contributed by atoms with E-state index in [1.54, 1.807) is 0 Å². The van der Waals surface area contributed by atoms with Gasteiger partial charge in [0.1, 0.15) is 16.7 Å². The number of nitrogens with zero attached hydrogens (tertiary/aromatic N) is 4. The van der Waals surface area contributed by atoms with Gasteiger partial charge in [-0.1, -0.05) is 146 Å². The minimum atomic E-state index is 0.574. The van der Waals surface area contributed by atoms with Gasteiger partial charge >= 0.3 is 0 Å². The van der Waals surface area contributed by atoms with E-state index in [1.165, 1.54) is 0 Å². The smallest absolute Gasteiger partial charge is 0.227 e. The topological polar surface area (TPSA) is 77.8 Å². The normalized spacial score (nSPS) is 11.6. The van der Waals surface area contributed by atoms with Crippen LogP contribution < -0.4 is 0 Å². The molecule has 0 aliphatic heterocycles. The van der Waals surface area contributed by atoms with E-state index in [2.05, 4.69) is 72.8 Å². The predicted molar refractivity (Wildman–Crippen MR) is 225 cm³/mol. The largest absolute Gasteiger partial charge is 0.456 e. The highest BCUT2D eigenvalue weighted by atomic mass is 16.3. The SMILES string of the molecule is c1ccc(-c2nc(-c3ccccc3-c3ccccc3)nc(-c3cccc4oc5cc(-c6cccc7ccc8nc(-c9ccccc9)oc8c67)ccc5c34)n2)cc1. The summed E-state index contributed by atoms with van der Waals surface area (Å²) in [6.45, 7) is 0. The standard InChI is InChI=1S/C50H30N4O2/c1-4-14-31(15-5-1)36-21-10-11-22-38(36)48-52-47(33-16-6-2-7-17-33)53-49(54-48)40-24-13-25-42-45(40)39-28-26-35(30-43(39)55-42)37-23-12-20-32-27-29-41-46(44(32)37)56-50(51-41)34-18-8-3-9-19-34/h1-30H. The Kier molecular flexibility index (Phi) is 7.38. The van der Waals surface area contributed by atoms with Crippen LogP contribution >= 0.6 is 0 Å². The summed E-state index contributed by atoms with van der Waals surface area (Å²) < 4.78 is 13.1. The molecule has 56 heavy (non-hydrogen) atoms. The quantitative estimate of drug-likeness (QED) is 0.170. The van der Waals surface area contributed by atoms with E-state index in [0.29, 0.717) is 23.4 Å². The fourth-order valence-electron chi connectivity index (χ4n) is 7.76. The second-order valence-electron chi connectivity index (χ2n) is 13.8. The third-order valence-corrected chi connectivity index (χ3v) is 10.4. The Morgan fingerprint density at radius 2 is 0.964 bits per heavy atom. The highest BCUT2D eigenvalue weighted by molar-refractivity contribution is 6.15. The van der Waals surface area contributed by atoms with Gasteiger partial charge in [-0.2, -0.15) is 0 Å². The van der Waals surface area contributed by atoms with Gasteiger partial charge < -0.3 is 8.83 Å². The van der Waals surface area contributed by atoms with Crippen LogP contribution in [0.4, 0.5) is 0 Å². The van der Waals surface area contributed by atoms with E-state index in [-0.39, 0.29) is 0 Å². The van der Waals surface area contributed by atoms with Crippen LogP contribution in [0.5, 0.6) is 0 Å². The van der Waals surface area contributed by atoms with Crippen molar-refractivity contribution in [1.29, 1.82) is 0 Å². The first-order chi connectivity index (χ1) is 27.7. The Hall–Kier alpha value is -7.70. The molecule has 6 nitrogen and oxygen atoms in total. The highest BCUT2D eigenvalue weighted by Crippen LogP contribution is 2.41. The van der Waals surface area contributed by atoms with Crippen LogP contribution in [-0.4, -0.2) is 19.9 Å². The van der Waals surface area contributed by atoms with E-state index in [0.717, 1.165) is 88.3 Å². The van der Waals surface area contributed by atoms with Gasteiger partial charge in [-0.05, 0) is 64.0 Å². The van der Waals surface area contributed by atoms with Crippen LogP contribution in [0.3, 0.4) is 0 Å². The lowest BCUT2D eigenvalue weighted by Crippen LogP contribution is -2.01. The van der Waals surface area contributed by atoms with Crippen molar-refractivity contribution in [2.45, 2.75) is 0 Å². The fourth-order valence-corrected chi connectivity index (χ4v) is 7.76. The molecule has 262 valence electrons. The lowest BCUT2D eigenvalue weighted by Gasteiger charge is -2.12. The number of fused-ring (bicyclic) bond motifs is 6. The molecule has 0 saturated heterocycles. The Morgan fingerprint density at radius 1 is 0.339 bits per heavy atom. The fraction of sp³-hybridized carbons (Fsp3) is 0. The molecule has 8 aromatic carbocycles. The Labute approximate surface area is 321 Å². The molecular formula is C50H30N4O2. The monoisotopic (exact) mass is 718 g/mol. The van der Waals surface area contributed by atoms with Crippen molar-refractivity contribution in [3.05, 3.63) is 182 Å². The first kappa shape index (κ1) is 31.8. The van der Waals surface area contributed by atoms with Crippen molar-refractivity contribution in [3.8, 4) is 67.9 Å². The summed E-state index contributed by atoms with van der Waals surface area (Å²) >= 11 is 0. The van der Waals surface area contributed by atoms with Crippen molar-refractivity contribution in [3.63, 3.8) is 0 Å². The molecular weight excluding hydrogens is 689 g/mol. The number of hydrogen-bond donors (Lipinski definition) is 0. The summed E-state index contributed by atoms with van der Waals surface area (Å²) in [7, 11) is 0. The Balaban J connectivity index is 1.08. The first-order valence-electron chi connectivity index (χ1n) is 18.6. The minimum absolute atomic E-state index is 0.574. The molecule has 0 N–H and O–H groups in total. The molecule has 11 rings (SSSR count). The summed E-state index contributed by atoms with van der Waals surface area (Å²) in [6, 6.07) is 61.6. The molecule has 0 fully saturated rings. The van der Waals surface area contributed by atoms with E-state index in [4.69, 9.17) is 28.8 Å². The van der Waals surface area contributed by atoms with E-state index < -0.39 is 0 Å². The second-order valence-corrected chi connectivity index (χ2v) is 13.8. The van der Waals surface area contributed by atoms with Gasteiger partial charge in [-0.25, -0.2) is 19.9 Å². The number of furan rings is 1. The molecule has 0 amide bonds. The number of benzene rings is 8. The van der Waals surface area contributed by atoms with E-state index >= 15 is 0 Å². The number of oxazole rings is 1. The van der Waals surface area contributed by atoms with Crippen LogP contribution in [0.25, 0.3) is 112 Å². The van der Waals surface area contributed by atoms with Gasteiger partial charge in [0.25, 0.3) is 0 Å². The van der Waals surface area contributed by atoms with Gasteiger partial charge in [0.15, 0.2) is 23.1 Å². The van der Waals surface area contributed by atoms with Crippen molar-refractivity contribution >= 4 is 43.8 Å². The van der Waals surface area contributed by atoms with Crippen LogP contribution in [0.1, 0.15) is 0 Å². The average Bonchev–Trinajstić information content (AvgIpc) is 3.89. The van der Waals surface area contributed by atoms with Gasteiger partial charge in [0.2, 0.25) is 5.89 Å². The molecule has 0 atom stereocenters. The minimum Gasteiger partial charge on any atom is -0.456 e. The van der Waals surface area contributed by atoms with Crippen molar-refractivity contribution in [1.82, 2.24) is 19.9 Å². The van der Waals surface area contributed by atoms with E-state index in [9.17, 15) is 0 Å². The Morgan fingerprint density at radius 3 is 1.75 bits per heavy atom. The number of hydrogen-bond acceptors (Lipinski definition) is 6. The first-order valence-corrected chi connectivity index (χ1v) is 18.6. The lowest BCUT2D eigenvalue weighted by molar-refractivity contribution is 0.623. The molecule has 0 aliphatic carbocycles. The third kappa shape index (κ3) is 5.35. The van der Waals surface area contributed by atoms with Gasteiger partial charge in [-0.3, -0.25) is 0 Å². The lowest BCUT2D eigenvalue weighted by atomic mass is 9.96. The molecule has 0 unspecified atom stereocenters.